The first kappa shape index (κ1) is 17.8. The highest BCUT2D eigenvalue weighted by Gasteiger charge is 2.34. The molecule has 1 aliphatic heterocycles. The summed E-state index contributed by atoms with van der Waals surface area (Å²) in [5.74, 6) is 1.31. The lowest BCUT2D eigenvalue weighted by Gasteiger charge is -2.45. The summed E-state index contributed by atoms with van der Waals surface area (Å²) < 4.78 is 0. The minimum absolute atomic E-state index is 0.0515. The fraction of sp³-hybridized carbons (Fsp3) is 0.684. The summed E-state index contributed by atoms with van der Waals surface area (Å²) in [7, 11) is 0. The number of hydrogen-bond acceptors (Lipinski definition) is 3. The molecule has 0 unspecified atom stereocenters. The van der Waals surface area contributed by atoms with Crippen LogP contribution in [0, 0.1) is 5.92 Å². The summed E-state index contributed by atoms with van der Waals surface area (Å²) in [4.78, 5) is 21.4. The van der Waals surface area contributed by atoms with Gasteiger partial charge < -0.3 is 9.80 Å². The fourth-order valence-corrected chi connectivity index (χ4v) is 3.26. The Hall–Kier alpha value is -1.58. The molecule has 1 saturated heterocycles. The van der Waals surface area contributed by atoms with Crippen LogP contribution in [-0.2, 0) is 10.2 Å². The van der Waals surface area contributed by atoms with Gasteiger partial charge >= 0.3 is 0 Å². The van der Waals surface area contributed by atoms with Gasteiger partial charge in [0.1, 0.15) is 5.82 Å². The fourth-order valence-electron chi connectivity index (χ4n) is 3.26. The molecule has 1 aromatic rings. The van der Waals surface area contributed by atoms with E-state index in [0.29, 0.717) is 0 Å². The number of amides is 1. The molecule has 1 aromatic heterocycles. The number of aromatic nitrogens is 1. The average molecular weight is 317 g/mol. The molecule has 2 atom stereocenters. The summed E-state index contributed by atoms with van der Waals surface area (Å²) in [6.07, 6.45) is 1.98. The molecule has 0 aromatic carbocycles. The van der Waals surface area contributed by atoms with Crippen molar-refractivity contribution in [3.63, 3.8) is 0 Å². The van der Waals surface area contributed by atoms with Gasteiger partial charge in [0.2, 0.25) is 5.91 Å². The maximum absolute atomic E-state index is 12.4. The Morgan fingerprint density at radius 2 is 1.74 bits per heavy atom. The third-order valence-corrected chi connectivity index (χ3v) is 4.61. The Morgan fingerprint density at radius 3 is 2.13 bits per heavy atom. The highest BCUT2D eigenvalue weighted by molar-refractivity contribution is 5.79. The number of carbonyl (C=O) groups excluding carboxylic acids is 1. The van der Waals surface area contributed by atoms with Crippen LogP contribution in [0.4, 0.5) is 5.82 Å². The third-order valence-electron chi connectivity index (χ3n) is 4.61. The van der Waals surface area contributed by atoms with Gasteiger partial charge in [-0.2, -0.15) is 0 Å². The van der Waals surface area contributed by atoms with Crippen LogP contribution in [0.25, 0.3) is 0 Å². The predicted octanol–water partition coefficient (Wildman–Crippen LogP) is 3.46. The first-order chi connectivity index (χ1) is 10.6. The molecule has 0 aliphatic carbocycles. The van der Waals surface area contributed by atoms with Crippen molar-refractivity contribution in [3.8, 4) is 0 Å². The monoisotopic (exact) mass is 317 g/mol. The van der Waals surface area contributed by atoms with E-state index in [9.17, 15) is 4.79 Å². The molecule has 0 radical (unpaired) electrons. The summed E-state index contributed by atoms with van der Waals surface area (Å²) in [6, 6.07) is 4.69. The SMILES string of the molecule is CC(C)C(=O)N1[C@H](C)CN(c2ccc(C(C)(C)C)cn2)C[C@@H]1C. The van der Waals surface area contributed by atoms with Crippen molar-refractivity contribution < 1.29 is 4.79 Å². The zero-order chi connectivity index (χ0) is 17.4. The minimum atomic E-state index is 0.0515. The minimum Gasteiger partial charge on any atom is -0.353 e. The van der Waals surface area contributed by atoms with Crippen LogP contribution in [0.3, 0.4) is 0 Å². The number of hydrogen-bond donors (Lipinski definition) is 0. The molecule has 0 spiro atoms. The molecule has 0 saturated carbocycles. The molecule has 1 amide bonds. The van der Waals surface area contributed by atoms with E-state index < -0.39 is 0 Å². The Morgan fingerprint density at radius 1 is 1.17 bits per heavy atom. The van der Waals surface area contributed by atoms with E-state index in [4.69, 9.17) is 0 Å². The van der Waals surface area contributed by atoms with Gasteiger partial charge in [0, 0.05) is 37.3 Å². The highest BCUT2D eigenvalue weighted by Crippen LogP contribution is 2.26. The van der Waals surface area contributed by atoms with E-state index in [1.807, 2.05) is 24.9 Å². The van der Waals surface area contributed by atoms with Crippen LogP contribution >= 0.6 is 0 Å². The first-order valence-electron chi connectivity index (χ1n) is 8.65. The van der Waals surface area contributed by atoms with Crippen molar-refractivity contribution >= 4 is 11.7 Å². The molecule has 1 aliphatic rings. The molecule has 2 heterocycles. The van der Waals surface area contributed by atoms with E-state index in [-0.39, 0.29) is 29.3 Å². The first-order valence-corrected chi connectivity index (χ1v) is 8.65. The summed E-state index contributed by atoms with van der Waals surface area (Å²) >= 11 is 0. The van der Waals surface area contributed by atoms with Crippen molar-refractivity contribution in [1.82, 2.24) is 9.88 Å². The number of carbonyl (C=O) groups is 1. The van der Waals surface area contributed by atoms with Crippen molar-refractivity contribution in [1.29, 1.82) is 0 Å². The Balaban J connectivity index is 2.14. The van der Waals surface area contributed by atoms with Crippen LogP contribution in [0.1, 0.15) is 54.0 Å². The smallest absolute Gasteiger partial charge is 0.225 e. The standard InChI is InChI=1S/C19H31N3O/c1-13(2)18(23)22-14(3)11-21(12-15(22)4)17-9-8-16(10-20-17)19(5,6)7/h8-10,13-15H,11-12H2,1-7H3/t14-,15+. The van der Waals surface area contributed by atoms with Crippen LogP contribution in [0.2, 0.25) is 0 Å². The molecular weight excluding hydrogens is 286 g/mol. The average Bonchev–Trinajstić information content (AvgIpc) is 2.45. The van der Waals surface area contributed by atoms with Crippen LogP contribution in [0.5, 0.6) is 0 Å². The number of nitrogens with zero attached hydrogens (tertiary/aromatic N) is 3. The largest absolute Gasteiger partial charge is 0.353 e. The Labute approximate surface area is 140 Å². The van der Waals surface area contributed by atoms with E-state index >= 15 is 0 Å². The van der Waals surface area contributed by atoms with Crippen molar-refractivity contribution in [2.24, 2.45) is 5.92 Å². The van der Waals surface area contributed by atoms with E-state index in [0.717, 1.165) is 18.9 Å². The zero-order valence-electron chi connectivity index (χ0n) is 15.6. The normalized spacial score (nSPS) is 22.6. The second kappa shape index (κ2) is 6.50. The van der Waals surface area contributed by atoms with Gasteiger partial charge in [-0.25, -0.2) is 4.98 Å². The number of pyridine rings is 1. The van der Waals surface area contributed by atoms with Crippen LogP contribution < -0.4 is 4.90 Å². The van der Waals surface area contributed by atoms with E-state index in [1.165, 1.54) is 5.56 Å². The molecule has 0 N–H and O–H groups in total. The molecule has 2 rings (SSSR count). The molecule has 23 heavy (non-hydrogen) atoms. The van der Waals surface area contributed by atoms with Gasteiger partial charge in [-0.1, -0.05) is 40.7 Å². The topological polar surface area (TPSA) is 36.4 Å². The van der Waals surface area contributed by atoms with Crippen molar-refractivity contribution in [3.05, 3.63) is 23.9 Å². The lowest BCUT2D eigenvalue weighted by Crippen LogP contribution is -2.59. The quantitative estimate of drug-likeness (QED) is 0.838. The zero-order valence-corrected chi connectivity index (χ0v) is 15.6. The van der Waals surface area contributed by atoms with Crippen molar-refractivity contribution in [2.45, 2.75) is 66.0 Å². The molecule has 128 valence electrons. The Bertz CT molecular complexity index is 533. The number of rotatable bonds is 2. The van der Waals surface area contributed by atoms with Crippen molar-refractivity contribution in [2.75, 3.05) is 18.0 Å². The molecule has 4 nitrogen and oxygen atoms in total. The summed E-state index contributed by atoms with van der Waals surface area (Å²) in [5.41, 5.74) is 1.37. The number of anilines is 1. The lowest BCUT2D eigenvalue weighted by molar-refractivity contribution is -0.139. The molecule has 4 heteroatoms. The van der Waals surface area contributed by atoms with Crippen LogP contribution in [-0.4, -0.2) is 41.0 Å². The van der Waals surface area contributed by atoms with Gasteiger partial charge in [0.15, 0.2) is 0 Å². The lowest BCUT2D eigenvalue weighted by atomic mass is 9.88. The Kier molecular flexibility index (Phi) is 5.02. The van der Waals surface area contributed by atoms with E-state index in [1.54, 1.807) is 0 Å². The maximum Gasteiger partial charge on any atom is 0.225 e. The van der Waals surface area contributed by atoms with Gasteiger partial charge in [0.05, 0.1) is 0 Å². The molecular formula is C19H31N3O. The molecule has 0 bridgehead atoms. The second-order valence-electron chi connectivity index (χ2n) is 8.16. The third kappa shape index (κ3) is 3.85. The van der Waals surface area contributed by atoms with Crippen LogP contribution in [0.15, 0.2) is 18.3 Å². The van der Waals surface area contributed by atoms with Gasteiger partial charge in [-0.3, -0.25) is 4.79 Å². The highest BCUT2D eigenvalue weighted by atomic mass is 16.2. The second-order valence-corrected chi connectivity index (χ2v) is 8.16. The van der Waals surface area contributed by atoms with E-state index in [2.05, 4.69) is 56.6 Å². The maximum atomic E-state index is 12.4. The summed E-state index contributed by atoms with van der Waals surface area (Å²) in [5, 5.41) is 0. The molecule has 1 fully saturated rings. The predicted molar refractivity (Wildman–Crippen MR) is 95.8 cm³/mol. The summed E-state index contributed by atoms with van der Waals surface area (Å²) in [6.45, 7) is 16.5. The van der Waals surface area contributed by atoms with Gasteiger partial charge in [-0.15, -0.1) is 0 Å². The number of piperazine rings is 1. The van der Waals surface area contributed by atoms with Gasteiger partial charge in [-0.05, 0) is 30.9 Å². The van der Waals surface area contributed by atoms with Gasteiger partial charge in [0.25, 0.3) is 0 Å².